The minimum Gasteiger partial charge on any atom is -0.449 e. The molecule has 0 aromatic heterocycles. The van der Waals surface area contributed by atoms with Crippen LogP contribution >= 0.6 is 23.2 Å². The lowest BCUT2D eigenvalue weighted by Crippen LogP contribution is -2.54. The second kappa shape index (κ2) is 12.6. The number of benzene rings is 3. The Morgan fingerprint density at radius 3 is 2.30 bits per heavy atom. The Morgan fingerprint density at radius 2 is 1.65 bits per heavy atom. The van der Waals surface area contributed by atoms with Crippen LogP contribution < -0.4 is 5.32 Å². The quantitative estimate of drug-likeness (QED) is 0.326. The van der Waals surface area contributed by atoms with Crippen LogP contribution in [0.4, 0.5) is 4.79 Å². The Morgan fingerprint density at radius 1 is 0.975 bits per heavy atom. The van der Waals surface area contributed by atoms with E-state index in [0.29, 0.717) is 23.2 Å². The molecule has 2 amide bonds. The fraction of sp³-hybridized carbons (Fsp3) is 0.375. The average molecular weight is 581 g/mol. The van der Waals surface area contributed by atoms with Gasteiger partial charge in [0.25, 0.3) is 0 Å². The van der Waals surface area contributed by atoms with E-state index in [4.69, 9.17) is 27.9 Å². The van der Waals surface area contributed by atoms with Crippen molar-refractivity contribution >= 4 is 35.2 Å². The maximum absolute atomic E-state index is 13.1. The largest absolute Gasteiger partial charge is 0.449 e. The molecule has 210 valence electrons. The monoisotopic (exact) mass is 579 g/mol. The second-order valence-corrected chi connectivity index (χ2v) is 11.6. The van der Waals surface area contributed by atoms with Gasteiger partial charge in [-0.1, -0.05) is 89.9 Å². The first-order chi connectivity index (χ1) is 19.3. The number of ether oxygens (including phenoxy) is 1. The van der Waals surface area contributed by atoms with Crippen molar-refractivity contribution in [2.75, 3.05) is 26.2 Å². The topological polar surface area (TPSA) is 61.9 Å². The molecule has 2 fully saturated rings. The lowest BCUT2D eigenvalue weighted by molar-refractivity contribution is -0.121. The van der Waals surface area contributed by atoms with E-state index >= 15 is 0 Å². The maximum atomic E-state index is 13.1. The third kappa shape index (κ3) is 6.46. The summed E-state index contributed by atoms with van der Waals surface area (Å²) in [4.78, 5) is 29.6. The van der Waals surface area contributed by atoms with Crippen LogP contribution in [0.2, 0.25) is 10.0 Å². The van der Waals surface area contributed by atoms with Gasteiger partial charge >= 0.3 is 6.09 Å². The van der Waals surface area contributed by atoms with Crippen molar-refractivity contribution in [2.24, 2.45) is 0 Å². The van der Waals surface area contributed by atoms with Gasteiger partial charge in [-0.25, -0.2) is 4.79 Å². The summed E-state index contributed by atoms with van der Waals surface area (Å²) in [7, 11) is 0. The molecule has 2 aliphatic rings. The first-order valence-electron chi connectivity index (χ1n) is 13.8. The Hall–Kier alpha value is -3.06. The minimum atomic E-state index is -0.361. The summed E-state index contributed by atoms with van der Waals surface area (Å²) < 4.78 is 5.69. The summed E-state index contributed by atoms with van der Waals surface area (Å²) in [5.74, 6) is -0.0530. The van der Waals surface area contributed by atoms with Gasteiger partial charge in [0.2, 0.25) is 5.91 Å². The molecular formula is C32H35Cl2N3O3. The van der Waals surface area contributed by atoms with Crippen LogP contribution in [-0.4, -0.2) is 54.1 Å². The number of hydrogen-bond acceptors (Lipinski definition) is 4. The number of rotatable bonds is 8. The molecule has 40 heavy (non-hydrogen) atoms. The number of halogens is 2. The van der Waals surface area contributed by atoms with Gasteiger partial charge in [-0.05, 0) is 48.1 Å². The number of carbonyl (C=O) groups is 2. The van der Waals surface area contributed by atoms with Crippen molar-refractivity contribution in [2.45, 2.75) is 50.2 Å². The third-order valence-corrected chi connectivity index (χ3v) is 8.98. The number of hydrogen-bond donors (Lipinski definition) is 1. The highest BCUT2D eigenvalue weighted by molar-refractivity contribution is 6.42. The minimum absolute atomic E-state index is 0.0148. The van der Waals surface area contributed by atoms with Gasteiger partial charge in [-0.3, -0.25) is 4.79 Å². The van der Waals surface area contributed by atoms with Crippen LogP contribution in [0, 0.1) is 0 Å². The molecule has 0 aliphatic carbocycles. The highest BCUT2D eigenvalue weighted by Crippen LogP contribution is 2.37. The van der Waals surface area contributed by atoms with Crippen molar-refractivity contribution in [3.8, 4) is 0 Å². The summed E-state index contributed by atoms with van der Waals surface area (Å²) in [5, 5.41) is 4.26. The summed E-state index contributed by atoms with van der Waals surface area (Å²) in [6.45, 7) is 4.88. The van der Waals surface area contributed by atoms with Gasteiger partial charge in [0, 0.05) is 45.1 Å². The maximum Gasteiger partial charge on any atom is 0.410 e. The van der Waals surface area contributed by atoms with Crippen LogP contribution in [-0.2, 0) is 21.6 Å². The van der Waals surface area contributed by atoms with E-state index in [2.05, 4.69) is 22.3 Å². The van der Waals surface area contributed by atoms with E-state index in [-0.39, 0.29) is 29.5 Å². The summed E-state index contributed by atoms with van der Waals surface area (Å²) in [5.41, 5.74) is 2.85. The molecular weight excluding hydrogens is 545 g/mol. The van der Waals surface area contributed by atoms with Crippen molar-refractivity contribution in [3.63, 3.8) is 0 Å². The number of amides is 2. The number of carbonyl (C=O) groups excluding carboxylic acids is 2. The normalized spacial score (nSPS) is 21.1. The number of nitrogens with zero attached hydrogens (tertiary/aromatic N) is 2. The van der Waals surface area contributed by atoms with E-state index < -0.39 is 0 Å². The number of piperidine rings is 1. The summed E-state index contributed by atoms with van der Waals surface area (Å²) in [6.07, 6.45) is 2.14. The molecule has 3 aromatic rings. The first kappa shape index (κ1) is 28.5. The molecule has 0 saturated carbocycles. The Bertz CT molecular complexity index is 1310. The Labute approximate surface area is 246 Å². The summed E-state index contributed by atoms with van der Waals surface area (Å²) >= 11 is 12.6. The van der Waals surface area contributed by atoms with E-state index in [1.165, 1.54) is 0 Å². The van der Waals surface area contributed by atoms with Crippen LogP contribution in [0.3, 0.4) is 0 Å². The average Bonchev–Trinajstić information content (AvgIpc) is 2.96. The Balaban J connectivity index is 1.34. The third-order valence-electron chi connectivity index (χ3n) is 8.25. The van der Waals surface area contributed by atoms with E-state index in [1.807, 2.05) is 71.6 Å². The Kier molecular flexibility index (Phi) is 8.99. The van der Waals surface area contributed by atoms with Gasteiger partial charge < -0.3 is 19.9 Å². The van der Waals surface area contributed by atoms with E-state index in [9.17, 15) is 9.59 Å². The van der Waals surface area contributed by atoms with Crippen LogP contribution in [0.15, 0.2) is 78.9 Å². The van der Waals surface area contributed by atoms with Crippen LogP contribution in [0.5, 0.6) is 0 Å². The predicted octanol–water partition coefficient (Wildman–Crippen LogP) is 6.62. The molecule has 8 heteroatoms. The molecule has 6 nitrogen and oxygen atoms in total. The fourth-order valence-corrected chi connectivity index (χ4v) is 6.45. The SMILES string of the molecule is CC(=O)NC1(c2ccccc2)CCN(CCC2C(c3ccc(Cl)c(Cl)c3)COC(=O)N2Cc2ccccc2)CC1. The zero-order valence-electron chi connectivity index (χ0n) is 22.7. The standard InChI is InChI=1S/C32H35Cl2N3O3/c1-23(38)35-32(26-10-6-3-7-11-26)15-18-36(19-16-32)17-14-30-27(25-12-13-28(33)29(34)20-25)22-40-31(39)37(30)21-24-8-4-2-5-9-24/h2-13,20,27,30H,14-19,21-22H2,1H3,(H,35,38). The zero-order valence-corrected chi connectivity index (χ0v) is 24.2. The lowest BCUT2D eigenvalue weighted by Gasteiger charge is -2.44. The first-order valence-corrected chi connectivity index (χ1v) is 14.6. The molecule has 0 bridgehead atoms. The molecule has 1 N–H and O–H groups in total. The molecule has 5 rings (SSSR count). The van der Waals surface area contributed by atoms with Gasteiger partial charge in [-0.2, -0.15) is 0 Å². The molecule has 2 aliphatic heterocycles. The van der Waals surface area contributed by atoms with Crippen molar-refractivity contribution < 1.29 is 14.3 Å². The number of nitrogens with one attached hydrogen (secondary N) is 1. The molecule has 2 saturated heterocycles. The molecule has 2 heterocycles. The second-order valence-electron chi connectivity index (χ2n) is 10.8. The highest BCUT2D eigenvalue weighted by Gasteiger charge is 2.40. The van der Waals surface area contributed by atoms with Gasteiger partial charge in [0.1, 0.15) is 6.61 Å². The van der Waals surface area contributed by atoms with Gasteiger partial charge in [0.15, 0.2) is 0 Å². The van der Waals surface area contributed by atoms with Gasteiger partial charge in [0.05, 0.1) is 15.6 Å². The zero-order chi connectivity index (χ0) is 28.1. The summed E-state index contributed by atoms with van der Waals surface area (Å²) in [6, 6.07) is 25.9. The van der Waals surface area contributed by atoms with Crippen molar-refractivity contribution in [1.82, 2.24) is 15.1 Å². The molecule has 0 radical (unpaired) electrons. The fourth-order valence-electron chi connectivity index (χ4n) is 6.14. The van der Waals surface area contributed by atoms with E-state index in [0.717, 1.165) is 55.6 Å². The van der Waals surface area contributed by atoms with Crippen LogP contribution in [0.25, 0.3) is 0 Å². The molecule has 3 aromatic carbocycles. The molecule has 2 atom stereocenters. The van der Waals surface area contributed by atoms with Crippen molar-refractivity contribution in [3.05, 3.63) is 106 Å². The molecule has 2 unspecified atom stereocenters. The number of cyclic esters (lactones) is 1. The molecule has 0 spiro atoms. The highest BCUT2D eigenvalue weighted by atomic mass is 35.5. The smallest absolute Gasteiger partial charge is 0.410 e. The van der Waals surface area contributed by atoms with E-state index in [1.54, 1.807) is 6.92 Å². The lowest BCUT2D eigenvalue weighted by atomic mass is 9.80. The van der Waals surface area contributed by atoms with Crippen LogP contribution in [0.1, 0.15) is 48.8 Å². The van der Waals surface area contributed by atoms with Crippen molar-refractivity contribution in [1.29, 1.82) is 0 Å². The van der Waals surface area contributed by atoms with Gasteiger partial charge in [-0.15, -0.1) is 0 Å². The number of likely N-dealkylation sites (tertiary alicyclic amines) is 1. The predicted molar refractivity (Wildman–Crippen MR) is 159 cm³/mol.